The molecule has 1 amide bonds. The van der Waals surface area contributed by atoms with E-state index in [0.717, 1.165) is 13.1 Å². The van der Waals surface area contributed by atoms with Crippen LogP contribution in [0.5, 0.6) is 0 Å². The SMILES string of the molecule is CC1CN(C(=O)C(C)(C)C)C1. The van der Waals surface area contributed by atoms with Crippen LogP contribution in [0.3, 0.4) is 0 Å². The molecule has 1 saturated heterocycles. The van der Waals surface area contributed by atoms with Crippen molar-refractivity contribution < 1.29 is 4.79 Å². The van der Waals surface area contributed by atoms with E-state index in [1.165, 1.54) is 0 Å². The first-order valence-corrected chi connectivity index (χ1v) is 4.20. The molecule has 0 bridgehead atoms. The van der Waals surface area contributed by atoms with Crippen molar-refractivity contribution in [3.05, 3.63) is 0 Å². The molecule has 0 atom stereocenters. The highest BCUT2D eigenvalue weighted by Crippen LogP contribution is 2.23. The van der Waals surface area contributed by atoms with Gasteiger partial charge in [0.1, 0.15) is 0 Å². The summed E-state index contributed by atoms with van der Waals surface area (Å²) in [5.41, 5.74) is -0.194. The lowest BCUT2D eigenvalue weighted by Crippen LogP contribution is -2.52. The van der Waals surface area contributed by atoms with Gasteiger partial charge in [-0.3, -0.25) is 4.79 Å². The van der Waals surface area contributed by atoms with Crippen LogP contribution >= 0.6 is 0 Å². The van der Waals surface area contributed by atoms with Crippen LogP contribution in [0.2, 0.25) is 0 Å². The zero-order valence-electron chi connectivity index (χ0n) is 7.85. The largest absolute Gasteiger partial charge is 0.342 e. The van der Waals surface area contributed by atoms with Gasteiger partial charge in [0.25, 0.3) is 0 Å². The molecule has 0 aliphatic carbocycles. The van der Waals surface area contributed by atoms with Gasteiger partial charge in [0, 0.05) is 18.5 Å². The second-order valence-electron chi connectivity index (χ2n) is 4.57. The van der Waals surface area contributed by atoms with Crippen molar-refractivity contribution in [3.63, 3.8) is 0 Å². The Kier molecular flexibility index (Phi) is 1.95. The van der Waals surface area contributed by atoms with Gasteiger partial charge in [0.2, 0.25) is 5.91 Å². The summed E-state index contributed by atoms with van der Waals surface area (Å²) in [5.74, 6) is 0.997. The maximum absolute atomic E-state index is 11.5. The summed E-state index contributed by atoms with van der Waals surface area (Å²) >= 11 is 0. The standard InChI is InChI=1S/C9H17NO/c1-7-5-10(6-7)8(11)9(2,3)4/h7H,5-6H2,1-4H3. The number of amides is 1. The smallest absolute Gasteiger partial charge is 0.227 e. The molecule has 0 unspecified atom stereocenters. The molecular formula is C9H17NO. The molecule has 64 valence electrons. The zero-order chi connectivity index (χ0) is 8.65. The summed E-state index contributed by atoms with van der Waals surface area (Å²) in [6, 6.07) is 0. The molecule has 0 radical (unpaired) electrons. The fourth-order valence-electron chi connectivity index (χ4n) is 1.34. The molecule has 1 fully saturated rings. The molecule has 0 aromatic rings. The van der Waals surface area contributed by atoms with Crippen molar-refractivity contribution >= 4 is 5.91 Å². The highest BCUT2D eigenvalue weighted by Gasteiger charge is 2.33. The van der Waals surface area contributed by atoms with E-state index in [1.807, 2.05) is 25.7 Å². The Balaban J connectivity index is 2.45. The summed E-state index contributed by atoms with van der Waals surface area (Å²) in [5, 5.41) is 0. The van der Waals surface area contributed by atoms with E-state index in [2.05, 4.69) is 6.92 Å². The number of hydrogen-bond acceptors (Lipinski definition) is 1. The molecular weight excluding hydrogens is 138 g/mol. The third kappa shape index (κ3) is 1.73. The van der Waals surface area contributed by atoms with Crippen LogP contribution in [0.1, 0.15) is 27.7 Å². The minimum absolute atomic E-state index is 0.194. The third-order valence-corrected chi connectivity index (χ3v) is 1.99. The molecule has 2 nitrogen and oxygen atoms in total. The van der Waals surface area contributed by atoms with E-state index in [-0.39, 0.29) is 11.3 Å². The van der Waals surface area contributed by atoms with Crippen molar-refractivity contribution in [2.75, 3.05) is 13.1 Å². The lowest BCUT2D eigenvalue weighted by atomic mass is 9.91. The third-order valence-electron chi connectivity index (χ3n) is 1.99. The molecule has 0 N–H and O–H groups in total. The summed E-state index contributed by atoms with van der Waals surface area (Å²) in [7, 11) is 0. The average Bonchev–Trinajstić information content (AvgIpc) is 1.77. The summed E-state index contributed by atoms with van der Waals surface area (Å²) < 4.78 is 0. The Morgan fingerprint density at radius 2 is 1.82 bits per heavy atom. The van der Waals surface area contributed by atoms with Crippen molar-refractivity contribution in [1.82, 2.24) is 4.90 Å². The minimum atomic E-state index is -0.194. The Bertz CT molecular complexity index is 163. The quantitative estimate of drug-likeness (QED) is 0.519. The molecule has 11 heavy (non-hydrogen) atoms. The van der Waals surface area contributed by atoms with Gasteiger partial charge >= 0.3 is 0 Å². The van der Waals surface area contributed by atoms with Gasteiger partial charge in [-0.1, -0.05) is 27.7 Å². The van der Waals surface area contributed by atoms with E-state index >= 15 is 0 Å². The van der Waals surface area contributed by atoms with Gasteiger partial charge in [-0.15, -0.1) is 0 Å². The first-order chi connectivity index (χ1) is 4.91. The van der Waals surface area contributed by atoms with Crippen LogP contribution in [-0.4, -0.2) is 23.9 Å². The average molecular weight is 155 g/mol. The highest BCUT2D eigenvalue weighted by atomic mass is 16.2. The number of hydrogen-bond donors (Lipinski definition) is 0. The van der Waals surface area contributed by atoms with Crippen LogP contribution in [-0.2, 0) is 4.79 Å². The second kappa shape index (κ2) is 2.50. The van der Waals surface area contributed by atoms with Gasteiger partial charge in [-0.25, -0.2) is 0 Å². The topological polar surface area (TPSA) is 20.3 Å². The highest BCUT2D eigenvalue weighted by molar-refractivity contribution is 5.82. The lowest BCUT2D eigenvalue weighted by molar-refractivity contribution is -0.145. The number of nitrogens with zero attached hydrogens (tertiary/aromatic N) is 1. The maximum Gasteiger partial charge on any atom is 0.227 e. The molecule has 0 aromatic carbocycles. The van der Waals surface area contributed by atoms with E-state index in [1.54, 1.807) is 0 Å². The minimum Gasteiger partial charge on any atom is -0.342 e. The van der Waals surface area contributed by atoms with E-state index in [9.17, 15) is 4.79 Å². The van der Waals surface area contributed by atoms with Crippen LogP contribution < -0.4 is 0 Å². The van der Waals surface area contributed by atoms with E-state index < -0.39 is 0 Å². The van der Waals surface area contributed by atoms with Crippen LogP contribution in [0.25, 0.3) is 0 Å². The molecule has 2 heteroatoms. The van der Waals surface area contributed by atoms with Gasteiger partial charge in [0.15, 0.2) is 0 Å². The number of carbonyl (C=O) groups excluding carboxylic acids is 1. The molecule has 1 aliphatic rings. The van der Waals surface area contributed by atoms with Gasteiger partial charge < -0.3 is 4.90 Å². The Hall–Kier alpha value is -0.530. The van der Waals surface area contributed by atoms with Crippen LogP contribution in [0, 0.1) is 11.3 Å². The van der Waals surface area contributed by atoms with Gasteiger partial charge in [-0.2, -0.15) is 0 Å². The first-order valence-electron chi connectivity index (χ1n) is 4.20. The van der Waals surface area contributed by atoms with E-state index in [0.29, 0.717) is 5.92 Å². The van der Waals surface area contributed by atoms with E-state index in [4.69, 9.17) is 0 Å². The Morgan fingerprint density at radius 3 is 2.09 bits per heavy atom. The van der Waals surface area contributed by atoms with Crippen molar-refractivity contribution in [2.45, 2.75) is 27.7 Å². The molecule has 1 aliphatic heterocycles. The lowest BCUT2D eigenvalue weighted by Gasteiger charge is -2.40. The molecule has 1 heterocycles. The van der Waals surface area contributed by atoms with Crippen molar-refractivity contribution in [3.8, 4) is 0 Å². The second-order valence-corrected chi connectivity index (χ2v) is 4.57. The Morgan fingerprint density at radius 1 is 1.36 bits per heavy atom. The van der Waals surface area contributed by atoms with Gasteiger partial charge in [0.05, 0.1) is 0 Å². The van der Waals surface area contributed by atoms with Crippen LogP contribution in [0.15, 0.2) is 0 Å². The summed E-state index contributed by atoms with van der Waals surface area (Å²) in [6.07, 6.45) is 0. The molecule has 1 rings (SSSR count). The first kappa shape index (κ1) is 8.57. The summed E-state index contributed by atoms with van der Waals surface area (Å²) in [6.45, 7) is 9.99. The number of rotatable bonds is 0. The normalized spacial score (nSPS) is 19.8. The summed E-state index contributed by atoms with van der Waals surface area (Å²) in [4.78, 5) is 13.5. The van der Waals surface area contributed by atoms with Crippen molar-refractivity contribution in [1.29, 1.82) is 0 Å². The molecule has 0 spiro atoms. The molecule has 0 saturated carbocycles. The Labute approximate surface area is 68.6 Å². The number of carbonyl (C=O) groups is 1. The maximum atomic E-state index is 11.5. The van der Waals surface area contributed by atoms with Crippen LogP contribution in [0.4, 0.5) is 0 Å². The fraction of sp³-hybridized carbons (Fsp3) is 0.889. The predicted molar refractivity (Wildman–Crippen MR) is 45.2 cm³/mol. The molecule has 0 aromatic heterocycles. The predicted octanol–water partition coefficient (Wildman–Crippen LogP) is 1.51. The number of likely N-dealkylation sites (tertiary alicyclic amines) is 1. The fourth-order valence-corrected chi connectivity index (χ4v) is 1.34. The van der Waals surface area contributed by atoms with Crippen molar-refractivity contribution in [2.24, 2.45) is 11.3 Å². The van der Waals surface area contributed by atoms with Gasteiger partial charge in [-0.05, 0) is 5.92 Å². The zero-order valence-corrected chi connectivity index (χ0v) is 7.85. The monoisotopic (exact) mass is 155 g/mol.